The molecule has 0 spiro atoms. The Balaban J connectivity index is 0.00000242. The van der Waals surface area contributed by atoms with E-state index in [2.05, 4.69) is 0 Å². The number of nitrogens with zero attached hydrogens (tertiary/aromatic N) is 1. The molecule has 2 rings (SSSR count). The standard InChI is InChI=1S/C14H21FN2O3S.ClH/c1-10(16)11-4-3-7-17(9-11)21(18,19)12-5-6-14(20-2)13(15)8-12;/h5-6,8,10-11H,3-4,7,9,16H2,1-2H3;1H. The highest BCUT2D eigenvalue weighted by atomic mass is 35.5. The van der Waals surface area contributed by atoms with Gasteiger partial charge < -0.3 is 10.5 Å². The molecule has 1 aliphatic rings. The van der Waals surface area contributed by atoms with Gasteiger partial charge in [-0.1, -0.05) is 0 Å². The zero-order valence-electron chi connectivity index (χ0n) is 12.7. The molecule has 1 heterocycles. The van der Waals surface area contributed by atoms with Gasteiger partial charge in [-0.2, -0.15) is 4.31 Å². The van der Waals surface area contributed by atoms with Crippen LogP contribution in [0.15, 0.2) is 23.1 Å². The molecule has 0 aliphatic carbocycles. The average Bonchev–Trinajstić information content (AvgIpc) is 2.47. The first-order chi connectivity index (χ1) is 9.86. The number of benzene rings is 1. The Morgan fingerprint density at radius 3 is 2.68 bits per heavy atom. The van der Waals surface area contributed by atoms with Crippen LogP contribution in [0.5, 0.6) is 5.75 Å². The minimum atomic E-state index is -3.69. The molecule has 2 atom stereocenters. The summed E-state index contributed by atoms with van der Waals surface area (Å²) in [5.41, 5.74) is 5.88. The number of halogens is 2. The van der Waals surface area contributed by atoms with Crippen LogP contribution in [0.1, 0.15) is 19.8 Å². The SMILES string of the molecule is COc1ccc(S(=O)(=O)N2CCCC(C(C)N)C2)cc1F.Cl. The molecule has 126 valence electrons. The molecule has 22 heavy (non-hydrogen) atoms. The number of nitrogens with two attached hydrogens (primary N) is 1. The van der Waals surface area contributed by atoms with Crippen LogP contribution in [0.2, 0.25) is 0 Å². The van der Waals surface area contributed by atoms with Crippen molar-refractivity contribution in [3.63, 3.8) is 0 Å². The summed E-state index contributed by atoms with van der Waals surface area (Å²) in [5.74, 6) is -0.517. The van der Waals surface area contributed by atoms with Crippen LogP contribution in [-0.4, -0.2) is 39.0 Å². The number of sulfonamides is 1. The van der Waals surface area contributed by atoms with Crippen LogP contribution < -0.4 is 10.5 Å². The minimum Gasteiger partial charge on any atom is -0.494 e. The molecule has 1 aliphatic heterocycles. The highest BCUT2D eigenvalue weighted by molar-refractivity contribution is 7.89. The van der Waals surface area contributed by atoms with Crippen LogP contribution in [0, 0.1) is 11.7 Å². The molecule has 0 bridgehead atoms. The van der Waals surface area contributed by atoms with Crippen LogP contribution >= 0.6 is 12.4 Å². The fourth-order valence-corrected chi connectivity index (χ4v) is 4.13. The third-order valence-electron chi connectivity index (χ3n) is 3.93. The maximum Gasteiger partial charge on any atom is 0.243 e. The van der Waals surface area contributed by atoms with Gasteiger partial charge in [-0.05, 0) is 43.9 Å². The lowest BCUT2D eigenvalue weighted by molar-refractivity contribution is 0.243. The fourth-order valence-electron chi connectivity index (χ4n) is 2.58. The van der Waals surface area contributed by atoms with Gasteiger partial charge in [0.25, 0.3) is 0 Å². The first-order valence-corrected chi connectivity index (χ1v) is 8.39. The van der Waals surface area contributed by atoms with Gasteiger partial charge >= 0.3 is 0 Å². The zero-order valence-corrected chi connectivity index (χ0v) is 14.3. The van der Waals surface area contributed by atoms with E-state index in [4.69, 9.17) is 10.5 Å². The highest BCUT2D eigenvalue weighted by Gasteiger charge is 2.32. The van der Waals surface area contributed by atoms with Crippen molar-refractivity contribution >= 4 is 22.4 Å². The van der Waals surface area contributed by atoms with E-state index in [0.29, 0.717) is 13.1 Å². The molecule has 0 amide bonds. The van der Waals surface area contributed by atoms with Crippen molar-refractivity contribution in [2.75, 3.05) is 20.2 Å². The van der Waals surface area contributed by atoms with Gasteiger partial charge in [0.05, 0.1) is 12.0 Å². The fraction of sp³-hybridized carbons (Fsp3) is 0.571. The first kappa shape index (κ1) is 19.2. The second kappa shape index (κ2) is 7.59. The van der Waals surface area contributed by atoms with E-state index in [9.17, 15) is 12.8 Å². The second-order valence-electron chi connectivity index (χ2n) is 5.42. The summed E-state index contributed by atoms with van der Waals surface area (Å²) in [7, 11) is -2.36. The van der Waals surface area contributed by atoms with Crippen LogP contribution in [0.4, 0.5) is 4.39 Å². The van der Waals surface area contributed by atoms with Crippen LogP contribution in [0.3, 0.4) is 0 Å². The normalized spacial score (nSPS) is 21.0. The second-order valence-corrected chi connectivity index (χ2v) is 7.36. The summed E-state index contributed by atoms with van der Waals surface area (Å²) in [6.45, 7) is 2.71. The number of hydrogen-bond donors (Lipinski definition) is 1. The van der Waals surface area contributed by atoms with Gasteiger partial charge in [-0.25, -0.2) is 12.8 Å². The Kier molecular flexibility index (Phi) is 6.61. The van der Waals surface area contributed by atoms with Crippen molar-refractivity contribution in [2.45, 2.75) is 30.7 Å². The Hall–Kier alpha value is -0.890. The Morgan fingerprint density at radius 2 is 2.14 bits per heavy atom. The largest absolute Gasteiger partial charge is 0.494 e. The van der Waals surface area contributed by atoms with E-state index in [1.807, 2.05) is 6.92 Å². The maximum atomic E-state index is 13.7. The monoisotopic (exact) mass is 352 g/mol. The predicted molar refractivity (Wildman–Crippen MR) is 85.3 cm³/mol. The topological polar surface area (TPSA) is 72.6 Å². The van der Waals surface area contributed by atoms with E-state index in [-0.39, 0.29) is 35.0 Å². The van der Waals surface area contributed by atoms with E-state index in [1.165, 1.54) is 23.5 Å². The van der Waals surface area contributed by atoms with Crippen molar-refractivity contribution in [2.24, 2.45) is 11.7 Å². The number of hydrogen-bond acceptors (Lipinski definition) is 4. The first-order valence-electron chi connectivity index (χ1n) is 6.95. The third-order valence-corrected chi connectivity index (χ3v) is 5.79. The van der Waals surface area contributed by atoms with E-state index in [0.717, 1.165) is 18.9 Å². The summed E-state index contributed by atoms with van der Waals surface area (Å²) in [6, 6.07) is 3.64. The van der Waals surface area contributed by atoms with E-state index < -0.39 is 15.8 Å². The van der Waals surface area contributed by atoms with Gasteiger partial charge in [-0.15, -0.1) is 12.4 Å². The third kappa shape index (κ3) is 3.90. The van der Waals surface area contributed by atoms with Crippen LogP contribution in [0.25, 0.3) is 0 Å². The van der Waals surface area contributed by atoms with Gasteiger partial charge in [0.15, 0.2) is 11.6 Å². The molecular formula is C14H22ClFN2O3S. The maximum absolute atomic E-state index is 13.7. The summed E-state index contributed by atoms with van der Waals surface area (Å²) < 4.78 is 45.1. The van der Waals surface area contributed by atoms with Crippen molar-refractivity contribution < 1.29 is 17.5 Å². The molecule has 0 radical (unpaired) electrons. The Labute approximate surface area is 137 Å². The molecule has 0 saturated carbocycles. The molecule has 1 saturated heterocycles. The molecule has 2 unspecified atom stereocenters. The zero-order chi connectivity index (χ0) is 15.6. The smallest absolute Gasteiger partial charge is 0.243 e. The van der Waals surface area contributed by atoms with Crippen molar-refractivity contribution in [1.82, 2.24) is 4.31 Å². The number of piperidine rings is 1. The van der Waals surface area contributed by atoms with Gasteiger partial charge in [0.1, 0.15) is 0 Å². The van der Waals surface area contributed by atoms with E-state index >= 15 is 0 Å². The summed E-state index contributed by atoms with van der Waals surface area (Å²) in [5, 5.41) is 0. The lowest BCUT2D eigenvalue weighted by Crippen LogP contribution is -2.44. The molecule has 1 fully saturated rings. The number of ether oxygens (including phenoxy) is 1. The molecule has 5 nitrogen and oxygen atoms in total. The summed E-state index contributed by atoms with van der Waals surface area (Å²) >= 11 is 0. The lowest BCUT2D eigenvalue weighted by Gasteiger charge is -2.33. The van der Waals surface area contributed by atoms with Crippen molar-refractivity contribution in [3.05, 3.63) is 24.0 Å². The highest BCUT2D eigenvalue weighted by Crippen LogP contribution is 2.27. The van der Waals surface area contributed by atoms with Crippen molar-refractivity contribution in [1.29, 1.82) is 0 Å². The number of methoxy groups -OCH3 is 1. The molecule has 2 N–H and O–H groups in total. The molecule has 1 aromatic carbocycles. The van der Waals surface area contributed by atoms with Crippen LogP contribution in [-0.2, 0) is 10.0 Å². The quantitative estimate of drug-likeness (QED) is 0.899. The van der Waals surface area contributed by atoms with Gasteiger partial charge in [-0.3, -0.25) is 0 Å². The van der Waals surface area contributed by atoms with E-state index in [1.54, 1.807) is 0 Å². The predicted octanol–water partition coefficient (Wildman–Crippen LogP) is 2.00. The number of rotatable bonds is 4. The molecule has 8 heteroatoms. The Morgan fingerprint density at radius 1 is 1.45 bits per heavy atom. The summed E-state index contributed by atoms with van der Waals surface area (Å²) in [6.07, 6.45) is 1.69. The van der Waals surface area contributed by atoms with Crippen molar-refractivity contribution in [3.8, 4) is 5.75 Å². The minimum absolute atomic E-state index is 0. The molecule has 0 aromatic heterocycles. The Bertz CT molecular complexity index is 610. The van der Waals surface area contributed by atoms with Gasteiger partial charge in [0, 0.05) is 19.1 Å². The molecular weight excluding hydrogens is 331 g/mol. The molecule has 1 aromatic rings. The lowest BCUT2D eigenvalue weighted by atomic mass is 9.93. The average molecular weight is 353 g/mol. The summed E-state index contributed by atoms with van der Waals surface area (Å²) in [4.78, 5) is -0.0499. The van der Waals surface area contributed by atoms with Gasteiger partial charge in [0.2, 0.25) is 10.0 Å².